The van der Waals surface area contributed by atoms with E-state index in [4.69, 9.17) is 5.11 Å². The van der Waals surface area contributed by atoms with Crippen molar-refractivity contribution in [2.45, 2.75) is 64.0 Å². The SMILES string of the molecule is CCCCC(=O)NC1CC(N(CC(=O)O)CC2CC2)C1. The Balaban J connectivity index is 1.69. The first kappa shape index (κ1) is 15.3. The van der Waals surface area contributed by atoms with Gasteiger partial charge >= 0.3 is 5.97 Å². The summed E-state index contributed by atoms with van der Waals surface area (Å²) >= 11 is 0. The van der Waals surface area contributed by atoms with E-state index < -0.39 is 5.97 Å². The maximum atomic E-state index is 11.6. The third-order valence-corrected chi connectivity index (χ3v) is 4.28. The molecule has 114 valence electrons. The van der Waals surface area contributed by atoms with Crippen molar-refractivity contribution in [3.63, 3.8) is 0 Å². The molecule has 0 aromatic rings. The van der Waals surface area contributed by atoms with E-state index in [0.29, 0.717) is 18.4 Å². The topological polar surface area (TPSA) is 69.6 Å². The zero-order chi connectivity index (χ0) is 14.5. The van der Waals surface area contributed by atoms with Gasteiger partial charge in [-0.2, -0.15) is 0 Å². The molecule has 2 aliphatic carbocycles. The second-order valence-electron chi connectivity index (χ2n) is 6.26. The number of hydrogen-bond donors (Lipinski definition) is 2. The van der Waals surface area contributed by atoms with Crippen LogP contribution in [0.2, 0.25) is 0 Å². The van der Waals surface area contributed by atoms with Gasteiger partial charge in [0, 0.05) is 25.0 Å². The predicted octanol–water partition coefficient (Wildman–Crippen LogP) is 1.62. The number of nitrogens with one attached hydrogen (secondary N) is 1. The molecule has 0 spiro atoms. The van der Waals surface area contributed by atoms with Gasteiger partial charge in [0.05, 0.1) is 6.54 Å². The summed E-state index contributed by atoms with van der Waals surface area (Å²) in [4.78, 5) is 24.6. The van der Waals surface area contributed by atoms with Crippen molar-refractivity contribution >= 4 is 11.9 Å². The quantitative estimate of drug-likeness (QED) is 0.674. The Morgan fingerprint density at radius 2 is 2.00 bits per heavy atom. The highest BCUT2D eigenvalue weighted by molar-refractivity contribution is 5.76. The van der Waals surface area contributed by atoms with Crippen LogP contribution < -0.4 is 5.32 Å². The Hall–Kier alpha value is -1.10. The van der Waals surface area contributed by atoms with Gasteiger partial charge in [-0.25, -0.2) is 0 Å². The molecule has 5 nitrogen and oxygen atoms in total. The van der Waals surface area contributed by atoms with Crippen LogP contribution in [0.25, 0.3) is 0 Å². The summed E-state index contributed by atoms with van der Waals surface area (Å²) in [6.45, 7) is 3.12. The molecule has 0 aromatic heterocycles. The van der Waals surface area contributed by atoms with Crippen LogP contribution in [-0.4, -0.2) is 47.1 Å². The molecule has 0 aliphatic heterocycles. The number of aliphatic carboxylic acids is 1. The molecule has 0 unspecified atom stereocenters. The Kier molecular flexibility index (Phi) is 5.40. The first-order valence-electron chi connectivity index (χ1n) is 7.83. The fourth-order valence-corrected chi connectivity index (χ4v) is 2.79. The third kappa shape index (κ3) is 4.78. The first-order valence-corrected chi connectivity index (χ1v) is 7.83. The number of hydrogen-bond acceptors (Lipinski definition) is 3. The normalized spacial score (nSPS) is 25.3. The van der Waals surface area contributed by atoms with E-state index in [1.165, 1.54) is 12.8 Å². The van der Waals surface area contributed by atoms with Crippen molar-refractivity contribution < 1.29 is 14.7 Å². The van der Waals surface area contributed by atoms with Crippen LogP contribution in [0.4, 0.5) is 0 Å². The number of unbranched alkanes of at least 4 members (excludes halogenated alkanes) is 1. The van der Waals surface area contributed by atoms with E-state index >= 15 is 0 Å². The number of nitrogens with zero attached hydrogens (tertiary/aromatic N) is 1. The molecule has 20 heavy (non-hydrogen) atoms. The van der Waals surface area contributed by atoms with Crippen molar-refractivity contribution in [3.05, 3.63) is 0 Å². The molecule has 2 rings (SSSR count). The van der Waals surface area contributed by atoms with Crippen molar-refractivity contribution in [2.75, 3.05) is 13.1 Å². The van der Waals surface area contributed by atoms with Crippen molar-refractivity contribution in [2.24, 2.45) is 5.92 Å². The summed E-state index contributed by atoms with van der Waals surface area (Å²) < 4.78 is 0. The molecule has 1 amide bonds. The van der Waals surface area contributed by atoms with Gasteiger partial charge in [-0.3, -0.25) is 14.5 Å². The second kappa shape index (κ2) is 7.07. The average molecular weight is 282 g/mol. The Bertz CT molecular complexity index is 349. The van der Waals surface area contributed by atoms with Gasteiger partial charge in [0.25, 0.3) is 0 Å². The lowest BCUT2D eigenvalue weighted by atomic mass is 9.85. The lowest BCUT2D eigenvalue weighted by Gasteiger charge is -2.42. The molecular formula is C15H26N2O3. The van der Waals surface area contributed by atoms with Crippen molar-refractivity contribution in [1.29, 1.82) is 0 Å². The molecule has 2 N–H and O–H groups in total. The highest BCUT2D eigenvalue weighted by Crippen LogP contribution is 2.33. The third-order valence-electron chi connectivity index (χ3n) is 4.28. The molecule has 0 atom stereocenters. The minimum absolute atomic E-state index is 0.137. The van der Waals surface area contributed by atoms with Crippen molar-refractivity contribution in [1.82, 2.24) is 10.2 Å². The van der Waals surface area contributed by atoms with Gasteiger partial charge in [-0.15, -0.1) is 0 Å². The standard InChI is InChI=1S/C15H26N2O3/c1-2-3-4-14(18)16-12-7-13(8-12)17(10-15(19)20)9-11-5-6-11/h11-13H,2-10H2,1H3,(H,16,18)(H,19,20). The summed E-state index contributed by atoms with van der Waals surface area (Å²) in [6, 6.07) is 0.586. The van der Waals surface area contributed by atoms with Crippen LogP contribution in [0, 0.1) is 5.92 Å². The number of rotatable bonds is 9. The van der Waals surface area contributed by atoms with E-state index in [-0.39, 0.29) is 18.5 Å². The zero-order valence-electron chi connectivity index (χ0n) is 12.3. The first-order chi connectivity index (χ1) is 9.58. The Labute approximate surface area is 120 Å². The average Bonchev–Trinajstić information content (AvgIpc) is 3.13. The van der Waals surface area contributed by atoms with Gasteiger partial charge in [0.1, 0.15) is 0 Å². The predicted molar refractivity (Wildman–Crippen MR) is 76.4 cm³/mol. The smallest absolute Gasteiger partial charge is 0.317 e. The lowest BCUT2D eigenvalue weighted by Crippen LogP contribution is -2.55. The zero-order valence-corrected chi connectivity index (χ0v) is 12.3. The van der Waals surface area contributed by atoms with E-state index in [9.17, 15) is 9.59 Å². The number of amides is 1. The Morgan fingerprint density at radius 1 is 1.30 bits per heavy atom. The number of carbonyl (C=O) groups is 2. The van der Waals surface area contributed by atoms with Crippen LogP contribution in [0.1, 0.15) is 51.9 Å². The van der Waals surface area contributed by atoms with Gasteiger partial charge in [-0.05, 0) is 38.0 Å². The second-order valence-corrected chi connectivity index (χ2v) is 6.26. The van der Waals surface area contributed by atoms with Crippen LogP contribution in [0.5, 0.6) is 0 Å². The summed E-state index contributed by atoms with van der Waals surface area (Å²) in [5.41, 5.74) is 0. The summed E-state index contributed by atoms with van der Waals surface area (Å²) in [5.74, 6) is 0.0934. The van der Waals surface area contributed by atoms with E-state index in [1.54, 1.807) is 0 Å². The molecule has 0 aromatic carbocycles. The monoisotopic (exact) mass is 282 g/mol. The fraction of sp³-hybridized carbons (Fsp3) is 0.867. The van der Waals surface area contributed by atoms with Crippen LogP contribution in [0.15, 0.2) is 0 Å². The largest absolute Gasteiger partial charge is 0.480 e. The molecule has 0 bridgehead atoms. The number of carboxylic acids is 1. The van der Waals surface area contributed by atoms with Gasteiger partial charge in [0.15, 0.2) is 0 Å². The maximum absolute atomic E-state index is 11.6. The van der Waals surface area contributed by atoms with Crippen LogP contribution >= 0.6 is 0 Å². The van der Waals surface area contributed by atoms with E-state index in [0.717, 1.165) is 32.2 Å². The van der Waals surface area contributed by atoms with Crippen molar-refractivity contribution in [3.8, 4) is 0 Å². The molecule has 0 saturated heterocycles. The summed E-state index contributed by atoms with van der Waals surface area (Å²) in [6.07, 6.45) is 6.86. The minimum atomic E-state index is -0.749. The molecular weight excluding hydrogens is 256 g/mol. The fourth-order valence-electron chi connectivity index (χ4n) is 2.79. The highest BCUT2D eigenvalue weighted by atomic mass is 16.4. The minimum Gasteiger partial charge on any atom is -0.480 e. The Morgan fingerprint density at radius 3 is 2.55 bits per heavy atom. The van der Waals surface area contributed by atoms with E-state index in [1.807, 2.05) is 0 Å². The number of carboxylic acid groups (broad SMARTS) is 1. The molecule has 0 heterocycles. The molecule has 2 fully saturated rings. The molecule has 2 aliphatic rings. The molecule has 0 radical (unpaired) electrons. The van der Waals surface area contributed by atoms with Crippen LogP contribution in [0.3, 0.4) is 0 Å². The van der Waals surface area contributed by atoms with Gasteiger partial charge in [-0.1, -0.05) is 13.3 Å². The summed E-state index contributed by atoms with van der Waals surface area (Å²) in [7, 11) is 0. The molecule has 5 heteroatoms. The number of carbonyl (C=O) groups excluding carboxylic acids is 1. The molecule has 2 saturated carbocycles. The van der Waals surface area contributed by atoms with Gasteiger partial charge in [0.2, 0.25) is 5.91 Å². The van der Waals surface area contributed by atoms with Crippen LogP contribution in [-0.2, 0) is 9.59 Å². The van der Waals surface area contributed by atoms with Gasteiger partial charge < -0.3 is 10.4 Å². The maximum Gasteiger partial charge on any atom is 0.317 e. The highest BCUT2D eigenvalue weighted by Gasteiger charge is 2.37. The lowest BCUT2D eigenvalue weighted by molar-refractivity contribution is -0.140. The van der Waals surface area contributed by atoms with E-state index in [2.05, 4.69) is 17.1 Å². The summed E-state index contributed by atoms with van der Waals surface area (Å²) in [5, 5.41) is 12.0.